The number of ether oxygens (including phenoxy) is 2. The smallest absolute Gasteiger partial charge is 0.273 e. The fraction of sp³-hybridized carbons (Fsp3) is 0.308. The Labute approximate surface area is 203 Å². The van der Waals surface area contributed by atoms with E-state index in [0.717, 1.165) is 17.5 Å². The van der Waals surface area contributed by atoms with Crippen molar-refractivity contribution in [1.29, 1.82) is 0 Å². The van der Waals surface area contributed by atoms with Gasteiger partial charge in [-0.3, -0.25) is 19.3 Å². The molecule has 4 rings (SSSR count). The van der Waals surface area contributed by atoms with Gasteiger partial charge >= 0.3 is 0 Å². The zero-order valence-corrected chi connectivity index (χ0v) is 19.9. The molecule has 1 aromatic heterocycles. The van der Waals surface area contributed by atoms with E-state index in [1.807, 2.05) is 39.0 Å². The van der Waals surface area contributed by atoms with Crippen LogP contribution in [0.1, 0.15) is 51.2 Å². The standard InChI is InChI=1S/C26H27N3O6/c1-4-10-27-26(32)19-13-34-23(28-19)12-29-20-11-18(8-9-22(20)33-15-24(29)31)21(30)14-35-25-16(2)6-5-7-17(25)3/h5-9,11,13H,4,10,12,14-15H2,1-3H3,(H,27,32). The summed E-state index contributed by atoms with van der Waals surface area (Å²) in [6, 6.07) is 10.7. The summed E-state index contributed by atoms with van der Waals surface area (Å²) in [6.45, 7) is 6.02. The van der Waals surface area contributed by atoms with Crippen LogP contribution in [0.3, 0.4) is 0 Å². The first-order valence-corrected chi connectivity index (χ1v) is 11.4. The number of hydrogen-bond donors (Lipinski definition) is 1. The Hall–Kier alpha value is -4.14. The van der Waals surface area contributed by atoms with Gasteiger partial charge in [0, 0.05) is 12.1 Å². The first-order chi connectivity index (χ1) is 16.9. The molecule has 1 aliphatic rings. The first kappa shape index (κ1) is 24.0. The quantitative estimate of drug-likeness (QED) is 0.469. The Kier molecular flexibility index (Phi) is 7.14. The predicted molar refractivity (Wildman–Crippen MR) is 128 cm³/mol. The van der Waals surface area contributed by atoms with Crippen molar-refractivity contribution >= 4 is 23.3 Å². The molecule has 0 saturated heterocycles. The van der Waals surface area contributed by atoms with Crippen LogP contribution in [0, 0.1) is 13.8 Å². The van der Waals surface area contributed by atoms with Crippen molar-refractivity contribution in [3.63, 3.8) is 0 Å². The van der Waals surface area contributed by atoms with Crippen molar-refractivity contribution in [3.05, 3.63) is 70.9 Å². The van der Waals surface area contributed by atoms with Gasteiger partial charge in [0.1, 0.15) is 24.3 Å². The van der Waals surface area contributed by atoms with Crippen molar-refractivity contribution in [2.24, 2.45) is 0 Å². The summed E-state index contributed by atoms with van der Waals surface area (Å²) in [4.78, 5) is 43.3. The van der Waals surface area contributed by atoms with E-state index in [1.54, 1.807) is 18.2 Å². The third-order valence-corrected chi connectivity index (χ3v) is 5.59. The van der Waals surface area contributed by atoms with E-state index in [9.17, 15) is 14.4 Å². The number of Topliss-reactive ketones (excluding diaryl/α,β-unsaturated/α-hetero) is 1. The lowest BCUT2D eigenvalue weighted by Crippen LogP contribution is -2.38. The molecule has 0 spiro atoms. The van der Waals surface area contributed by atoms with Crippen molar-refractivity contribution in [3.8, 4) is 11.5 Å². The molecule has 9 heteroatoms. The zero-order valence-electron chi connectivity index (χ0n) is 19.9. The molecule has 1 N–H and O–H groups in total. The van der Waals surface area contributed by atoms with Gasteiger partial charge in [-0.1, -0.05) is 25.1 Å². The van der Waals surface area contributed by atoms with Gasteiger partial charge in [0.2, 0.25) is 5.89 Å². The zero-order chi connectivity index (χ0) is 24.9. The second kappa shape index (κ2) is 10.4. The minimum atomic E-state index is -0.340. The molecule has 0 fully saturated rings. The monoisotopic (exact) mass is 477 g/mol. The average molecular weight is 478 g/mol. The number of nitrogens with one attached hydrogen (secondary N) is 1. The second-order valence-electron chi connectivity index (χ2n) is 8.27. The van der Waals surface area contributed by atoms with Crippen LogP contribution in [-0.4, -0.2) is 42.3 Å². The number of anilines is 1. The third kappa shape index (κ3) is 5.34. The highest BCUT2D eigenvalue weighted by Gasteiger charge is 2.28. The number of aryl methyl sites for hydroxylation is 2. The molecule has 0 radical (unpaired) electrons. The fourth-order valence-corrected chi connectivity index (χ4v) is 3.75. The van der Waals surface area contributed by atoms with Crippen LogP contribution >= 0.6 is 0 Å². The number of fused-ring (bicyclic) bond motifs is 1. The Morgan fingerprint density at radius 2 is 1.94 bits per heavy atom. The highest BCUT2D eigenvalue weighted by Crippen LogP contribution is 2.34. The molecule has 2 amide bonds. The maximum atomic E-state index is 12.9. The molecule has 3 aromatic rings. The third-order valence-electron chi connectivity index (χ3n) is 5.59. The van der Waals surface area contributed by atoms with Crippen LogP contribution in [-0.2, 0) is 11.3 Å². The van der Waals surface area contributed by atoms with Crippen LogP contribution in [0.4, 0.5) is 5.69 Å². The average Bonchev–Trinajstić information content (AvgIpc) is 3.32. The van der Waals surface area contributed by atoms with Crippen molar-refractivity contribution in [1.82, 2.24) is 10.3 Å². The molecule has 2 aromatic carbocycles. The summed E-state index contributed by atoms with van der Waals surface area (Å²) in [5.41, 5.74) is 2.84. The molecule has 1 aliphatic heterocycles. The summed E-state index contributed by atoms with van der Waals surface area (Å²) in [5.74, 6) is 0.449. The van der Waals surface area contributed by atoms with E-state index in [1.165, 1.54) is 11.2 Å². The van der Waals surface area contributed by atoms with E-state index >= 15 is 0 Å². The van der Waals surface area contributed by atoms with E-state index in [-0.39, 0.29) is 48.9 Å². The first-order valence-electron chi connectivity index (χ1n) is 11.4. The molecule has 0 bridgehead atoms. The van der Waals surface area contributed by atoms with Gasteiger partial charge in [-0.15, -0.1) is 0 Å². The molecule has 2 heterocycles. The number of carbonyl (C=O) groups is 3. The highest BCUT2D eigenvalue weighted by atomic mass is 16.5. The number of amides is 2. The summed E-state index contributed by atoms with van der Waals surface area (Å²) in [5, 5.41) is 2.73. The minimum absolute atomic E-state index is 0.00714. The summed E-state index contributed by atoms with van der Waals surface area (Å²) < 4.78 is 16.8. The number of para-hydroxylation sites is 1. The number of benzene rings is 2. The van der Waals surface area contributed by atoms with Gasteiger partial charge in [0.15, 0.2) is 24.7 Å². The predicted octanol–water partition coefficient (Wildman–Crippen LogP) is 3.62. The number of carbonyl (C=O) groups excluding carboxylic acids is 3. The normalized spacial score (nSPS) is 12.7. The number of aromatic nitrogens is 1. The topological polar surface area (TPSA) is 111 Å². The summed E-state index contributed by atoms with van der Waals surface area (Å²) in [6.07, 6.45) is 2.06. The Bertz CT molecular complexity index is 1250. The molecule has 9 nitrogen and oxygen atoms in total. The molecular weight excluding hydrogens is 450 g/mol. The maximum Gasteiger partial charge on any atom is 0.273 e. The van der Waals surface area contributed by atoms with Crippen molar-refractivity contribution in [2.75, 3.05) is 24.7 Å². The molecule has 0 atom stereocenters. The molecule has 0 saturated carbocycles. The lowest BCUT2D eigenvalue weighted by molar-refractivity contribution is -0.121. The van der Waals surface area contributed by atoms with Gasteiger partial charge < -0.3 is 19.2 Å². The van der Waals surface area contributed by atoms with Crippen molar-refractivity contribution < 1.29 is 28.3 Å². The minimum Gasteiger partial charge on any atom is -0.485 e. The number of rotatable bonds is 9. The Morgan fingerprint density at radius 1 is 1.17 bits per heavy atom. The number of nitrogens with zero attached hydrogens (tertiary/aromatic N) is 2. The van der Waals surface area contributed by atoms with Crippen LogP contribution in [0.5, 0.6) is 11.5 Å². The van der Waals surface area contributed by atoms with E-state index in [4.69, 9.17) is 13.9 Å². The molecule has 0 aliphatic carbocycles. The van der Waals surface area contributed by atoms with Gasteiger partial charge in [0.05, 0.1) is 5.69 Å². The second-order valence-corrected chi connectivity index (χ2v) is 8.27. The summed E-state index contributed by atoms with van der Waals surface area (Å²) >= 11 is 0. The van der Waals surface area contributed by atoms with Gasteiger partial charge in [0.25, 0.3) is 11.8 Å². The van der Waals surface area contributed by atoms with E-state index < -0.39 is 0 Å². The molecule has 0 unspecified atom stereocenters. The van der Waals surface area contributed by atoms with Crippen LogP contribution in [0.25, 0.3) is 0 Å². The van der Waals surface area contributed by atoms with E-state index in [2.05, 4.69) is 10.3 Å². The Balaban J connectivity index is 1.51. The number of hydrogen-bond acceptors (Lipinski definition) is 7. The SMILES string of the molecule is CCCNC(=O)c1coc(CN2C(=O)COc3ccc(C(=O)COc4c(C)cccc4C)cc32)n1. The van der Waals surface area contributed by atoms with Crippen molar-refractivity contribution in [2.45, 2.75) is 33.7 Å². The van der Waals surface area contributed by atoms with Crippen LogP contribution in [0.15, 0.2) is 47.1 Å². The lowest BCUT2D eigenvalue weighted by atomic mass is 10.1. The lowest BCUT2D eigenvalue weighted by Gasteiger charge is -2.28. The molecular formula is C26H27N3O6. The number of ketones is 1. The summed E-state index contributed by atoms with van der Waals surface area (Å²) in [7, 11) is 0. The molecule has 182 valence electrons. The Morgan fingerprint density at radius 3 is 2.69 bits per heavy atom. The largest absolute Gasteiger partial charge is 0.485 e. The van der Waals surface area contributed by atoms with Gasteiger partial charge in [-0.25, -0.2) is 4.98 Å². The fourth-order valence-electron chi connectivity index (χ4n) is 3.75. The van der Waals surface area contributed by atoms with Gasteiger partial charge in [-0.2, -0.15) is 0 Å². The van der Waals surface area contributed by atoms with Gasteiger partial charge in [-0.05, 0) is 49.6 Å². The molecule has 35 heavy (non-hydrogen) atoms. The maximum absolute atomic E-state index is 12.9. The van der Waals surface area contributed by atoms with E-state index in [0.29, 0.717) is 29.3 Å². The van der Waals surface area contributed by atoms with Crippen LogP contribution < -0.4 is 19.7 Å². The van der Waals surface area contributed by atoms with Crippen LogP contribution in [0.2, 0.25) is 0 Å². The highest BCUT2D eigenvalue weighted by molar-refractivity contribution is 6.02. The number of oxazole rings is 1.